The molecule has 0 amide bonds. The van der Waals surface area contributed by atoms with Gasteiger partial charge >= 0.3 is 0 Å². The highest BCUT2D eigenvalue weighted by Crippen LogP contribution is 2.26. The molecular formula is C23H25ClN6OS. The number of nitrogens with zero attached hydrogens (tertiary/aromatic N) is 5. The van der Waals surface area contributed by atoms with Gasteiger partial charge in [0, 0.05) is 29.5 Å². The maximum absolute atomic E-state index is 9.13. The van der Waals surface area contributed by atoms with E-state index < -0.39 is 0 Å². The molecule has 166 valence electrons. The fourth-order valence-corrected chi connectivity index (χ4v) is 4.55. The summed E-state index contributed by atoms with van der Waals surface area (Å²) in [6.45, 7) is 1.46. The molecule has 2 heterocycles. The molecule has 0 aliphatic heterocycles. The molecule has 0 aliphatic rings. The number of aromatic nitrogens is 5. The van der Waals surface area contributed by atoms with Crippen molar-refractivity contribution in [3.05, 3.63) is 77.2 Å². The van der Waals surface area contributed by atoms with E-state index in [4.69, 9.17) is 16.7 Å². The van der Waals surface area contributed by atoms with E-state index in [0.29, 0.717) is 24.5 Å². The minimum absolute atomic E-state index is 0.155. The van der Waals surface area contributed by atoms with Crippen molar-refractivity contribution in [1.82, 2.24) is 29.9 Å². The summed E-state index contributed by atoms with van der Waals surface area (Å²) in [5.74, 6) is 1.59. The molecule has 0 aliphatic carbocycles. The number of benzene rings is 2. The predicted molar refractivity (Wildman–Crippen MR) is 128 cm³/mol. The molecule has 9 heteroatoms. The maximum atomic E-state index is 9.13. The molecule has 0 radical (unpaired) electrons. The van der Waals surface area contributed by atoms with Crippen molar-refractivity contribution in [3.63, 3.8) is 0 Å². The van der Waals surface area contributed by atoms with Gasteiger partial charge in [-0.15, -0.1) is 10.2 Å². The van der Waals surface area contributed by atoms with E-state index in [9.17, 15) is 0 Å². The first-order valence-electron chi connectivity index (χ1n) is 10.4. The van der Waals surface area contributed by atoms with Crippen LogP contribution in [0.5, 0.6) is 0 Å². The van der Waals surface area contributed by atoms with Gasteiger partial charge in [0.2, 0.25) is 0 Å². The average molecular weight is 469 g/mol. The molecule has 2 aromatic carbocycles. The Balaban J connectivity index is 1.56. The smallest absolute Gasteiger partial charge is 0.195 e. The second kappa shape index (κ2) is 10.8. The lowest BCUT2D eigenvalue weighted by molar-refractivity contribution is 0.296. The van der Waals surface area contributed by atoms with Crippen molar-refractivity contribution in [1.29, 1.82) is 0 Å². The molecule has 0 saturated carbocycles. The van der Waals surface area contributed by atoms with E-state index in [1.165, 1.54) is 0 Å². The third-order valence-corrected chi connectivity index (χ3v) is 6.18. The number of aliphatic hydroxyl groups is 1. The molecule has 0 spiro atoms. The zero-order valence-corrected chi connectivity index (χ0v) is 19.4. The number of aliphatic hydroxyl groups excluding tert-OH is 1. The average Bonchev–Trinajstić information content (AvgIpc) is 3.41. The molecule has 0 saturated heterocycles. The SMILES string of the molecule is CN(Cc1cn[nH]c1-c1ccccc1)Cc1nnc(SCCCO)n1-c1cccc(Cl)c1. The Morgan fingerprint density at radius 1 is 1.09 bits per heavy atom. The third-order valence-electron chi connectivity index (χ3n) is 4.93. The number of rotatable bonds is 10. The van der Waals surface area contributed by atoms with E-state index >= 15 is 0 Å². The molecule has 32 heavy (non-hydrogen) atoms. The summed E-state index contributed by atoms with van der Waals surface area (Å²) >= 11 is 7.83. The van der Waals surface area contributed by atoms with Gasteiger partial charge in [-0.05, 0) is 37.2 Å². The maximum Gasteiger partial charge on any atom is 0.195 e. The molecule has 0 atom stereocenters. The van der Waals surface area contributed by atoms with Crippen LogP contribution in [0.2, 0.25) is 5.02 Å². The van der Waals surface area contributed by atoms with Crippen molar-refractivity contribution >= 4 is 23.4 Å². The fourth-order valence-electron chi connectivity index (χ4n) is 3.47. The molecule has 4 aromatic rings. The predicted octanol–water partition coefficient (Wildman–Crippen LogP) is 4.42. The Kier molecular flexibility index (Phi) is 7.59. The van der Waals surface area contributed by atoms with E-state index in [0.717, 1.165) is 39.2 Å². The normalized spacial score (nSPS) is 11.4. The van der Waals surface area contributed by atoms with Crippen LogP contribution in [-0.4, -0.2) is 54.4 Å². The first-order chi connectivity index (χ1) is 15.7. The van der Waals surface area contributed by atoms with Crippen LogP contribution < -0.4 is 0 Å². The van der Waals surface area contributed by atoms with Crippen LogP contribution in [0.15, 0.2) is 66.0 Å². The lowest BCUT2D eigenvalue weighted by Crippen LogP contribution is -2.20. The van der Waals surface area contributed by atoms with E-state index in [1.807, 2.05) is 53.2 Å². The minimum atomic E-state index is 0.155. The van der Waals surface area contributed by atoms with Crippen molar-refractivity contribution in [2.75, 3.05) is 19.4 Å². The zero-order chi connectivity index (χ0) is 22.3. The first kappa shape index (κ1) is 22.5. The second-order valence-electron chi connectivity index (χ2n) is 7.45. The van der Waals surface area contributed by atoms with Crippen molar-refractivity contribution in [2.45, 2.75) is 24.7 Å². The topological polar surface area (TPSA) is 82.9 Å². The fraction of sp³-hybridized carbons (Fsp3) is 0.261. The van der Waals surface area contributed by atoms with Gasteiger partial charge in [0.25, 0.3) is 0 Å². The van der Waals surface area contributed by atoms with Crippen LogP contribution in [-0.2, 0) is 13.1 Å². The number of hydrogen-bond donors (Lipinski definition) is 2. The summed E-state index contributed by atoms with van der Waals surface area (Å²) < 4.78 is 2.04. The number of thioether (sulfide) groups is 1. The third kappa shape index (κ3) is 5.39. The highest BCUT2D eigenvalue weighted by atomic mass is 35.5. The Bertz CT molecular complexity index is 1150. The van der Waals surface area contributed by atoms with E-state index in [-0.39, 0.29) is 6.61 Å². The standard InChI is InChI=1S/C23H25ClN6OS/c1-29(15-18-14-25-27-22(18)17-7-3-2-4-8-17)16-21-26-28-23(32-12-6-11-31)30(21)20-10-5-9-19(24)13-20/h2-5,7-10,13-14,31H,6,11-12,15-16H2,1H3,(H,25,27). The van der Waals surface area contributed by atoms with Gasteiger partial charge in [-0.3, -0.25) is 14.6 Å². The summed E-state index contributed by atoms with van der Waals surface area (Å²) in [6, 6.07) is 17.9. The molecule has 4 rings (SSSR count). The van der Waals surface area contributed by atoms with Gasteiger partial charge in [-0.2, -0.15) is 5.10 Å². The Morgan fingerprint density at radius 2 is 1.94 bits per heavy atom. The number of aromatic amines is 1. The summed E-state index contributed by atoms with van der Waals surface area (Å²) in [6.07, 6.45) is 2.57. The van der Waals surface area contributed by atoms with Crippen molar-refractivity contribution in [2.24, 2.45) is 0 Å². The van der Waals surface area contributed by atoms with Crippen molar-refractivity contribution < 1.29 is 5.11 Å². The van der Waals surface area contributed by atoms with Crippen LogP contribution in [0, 0.1) is 0 Å². The summed E-state index contributed by atoms with van der Waals surface area (Å²) in [4.78, 5) is 2.19. The van der Waals surface area contributed by atoms with E-state index in [1.54, 1.807) is 11.8 Å². The summed E-state index contributed by atoms with van der Waals surface area (Å²) in [5, 5.41) is 26.8. The molecule has 2 aromatic heterocycles. The van der Waals surface area contributed by atoms with Gasteiger partial charge < -0.3 is 5.11 Å². The van der Waals surface area contributed by atoms with Gasteiger partial charge in [-0.1, -0.05) is 59.8 Å². The largest absolute Gasteiger partial charge is 0.396 e. The van der Waals surface area contributed by atoms with Crippen LogP contribution in [0.3, 0.4) is 0 Å². The molecule has 0 unspecified atom stereocenters. The first-order valence-corrected chi connectivity index (χ1v) is 11.7. The lowest BCUT2D eigenvalue weighted by atomic mass is 10.1. The van der Waals surface area contributed by atoms with Gasteiger partial charge in [0.05, 0.1) is 24.1 Å². The molecule has 0 bridgehead atoms. The van der Waals surface area contributed by atoms with Gasteiger partial charge in [0.1, 0.15) is 0 Å². The minimum Gasteiger partial charge on any atom is -0.396 e. The van der Waals surface area contributed by atoms with Gasteiger partial charge in [-0.25, -0.2) is 0 Å². The van der Waals surface area contributed by atoms with Crippen LogP contribution in [0.4, 0.5) is 0 Å². The Morgan fingerprint density at radius 3 is 2.72 bits per heavy atom. The van der Waals surface area contributed by atoms with Gasteiger partial charge in [0.15, 0.2) is 11.0 Å². The highest BCUT2D eigenvalue weighted by Gasteiger charge is 2.17. The quantitative estimate of drug-likeness (QED) is 0.265. The number of halogens is 1. The van der Waals surface area contributed by atoms with Crippen LogP contribution in [0.1, 0.15) is 17.8 Å². The highest BCUT2D eigenvalue weighted by molar-refractivity contribution is 7.99. The van der Waals surface area contributed by atoms with Crippen molar-refractivity contribution in [3.8, 4) is 16.9 Å². The second-order valence-corrected chi connectivity index (χ2v) is 8.95. The Hall–Kier alpha value is -2.65. The molecule has 0 fully saturated rings. The number of H-pyrrole nitrogens is 1. The van der Waals surface area contributed by atoms with Crippen LogP contribution >= 0.6 is 23.4 Å². The lowest BCUT2D eigenvalue weighted by Gasteiger charge is -2.18. The summed E-state index contributed by atoms with van der Waals surface area (Å²) in [5.41, 5.74) is 4.17. The molecular weight excluding hydrogens is 444 g/mol. The van der Waals surface area contributed by atoms with Crippen LogP contribution in [0.25, 0.3) is 16.9 Å². The molecule has 2 N–H and O–H groups in total. The number of nitrogens with one attached hydrogen (secondary N) is 1. The zero-order valence-electron chi connectivity index (χ0n) is 17.8. The monoisotopic (exact) mass is 468 g/mol. The molecule has 7 nitrogen and oxygen atoms in total. The summed E-state index contributed by atoms with van der Waals surface area (Å²) in [7, 11) is 2.05. The number of hydrogen-bond acceptors (Lipinski definition) is 6. The van der Waals surface area contributed by atoms with E-state index in [2.05, 4.69) is 44.5 Å². The Labute approximate surface area is 196 Å².